The van der Waals surface area contributed by atoms with Crippen LogP contribution in [0.5, 0.6) is 0 Å². The average Bonchev–Trinajstić information content (AvgIpc) is 1.30. The summed E-state index contributed by atoms with van der Waals surface area (Å²) in [5, 5.41) is 145. The van der Waals surface area contributed by atoms with Crippen molar-refractivity contribution in [3.8, 4) is 0 Å². The molecule has 3 saturated carbocycles. The van der Waals surface area contributed by atoms with Gasteiger partial charge in [-0.1, -0.05) is 31.1 Å². The summed E-state index contributed by atoms with van der Waals surface area (Å²) in [6, 6.07) is 0. The van der Waals surface area contributed by atoms with Crippen molar-refractivity contribution in [3.05, 3.63) is 23.3 Å². The smallest absolute Gasteiger partial charge is 0.726 e. The molecule has 0 aromatic rings. The van der Waals surface area contributed by atoms with Gasteiger partial charge in [-0.25, -0.2) is 8.42 Å². The van der Waals surface area contributed by atoms with E-state index in [2.05, 4.69) is 19.9 Å². The number of aliphatic hydroxyl groups excluding tert-OH is 12. The minimum absolute atomic E-state index is 0. The fourth-order valence-electron chi connectivity index (χ4n) is 15.6. The maximum atomic E-state index is 13.1. The van der Waals surface area contributed by atoms with Gasteiger partial charge < -0.3 is 118 Å². The van der Waals surface area contributed by atoms with Gasteiger partial charge in [-0.2, -0.15) is 0 Å². The Kier molecular flexibility index (Phi) is 22.8. The van der Waals surface area contributed by atoms with Crippen molar-refractivity contribution in [2.75, 3.05) is 13.2 Å². The van der Waals surface area contributed by atoms with Crippen molar-refractivity contribution in [1.82, 2.24) is 0 Å². The Bertz CT molecular complexity index is 2490. The fraction of sp³-hybridized carbons (Fsp3) is 0.911. The number of aliphatic hydroxyl groups is 13. The number of ether oxygens (including phenoxy) is 10. The largest absolute Gasteiger partial charge is 1.00 e. The Labute approximate surface area is 521 Å². The summed E-state index contributed by atoms with van der Waals surface area (Å²) in [7, 11) is -5.14. The van der Waals surface area contributed by atoms with E-state index >= 15 is 0 Å². The Morgan fingerprint density at radius 3 is 1.78 bits per heavy atom. The number of fused-ring (bicyclic) bond motifs is 5. The van der Waals surface area contributed by atoms with E-state index in [-0.39, 0.29) is 72.4 Å². The summed E-state index contributed by atoms with van der Waals surface area (Å²) >= 11 is 0. The number of hydrogen-bond acceptors (Lipinski definition) is 28. The van der Waals surface area contributed by atoms with E-state index in [0.29, 0.717) is 32.1 Å². The van der Waals surface area contributed by atoms with Gasteiger partial charge in [0.15, 0.2) is 37.2 Å². The van der Waals surface area contributed by atoms with Crippen LogP contribution in [0.25, 0.3) is 0 Å². The van der Waals surface area contributed by atoms with E-state index < -0.39 is 206 Å². The van der Waals surface area contributed by atoms with Crippen LogP contribution in [-0.2, 0) is 66.7 Å². The molecule has 9 aliphatic rings. The first-order chi connectivity index (χ1) is 39.7. The van der Waals surface area contributed by atoms with Gasteiger partial charge in [-0.05, 0) is 127 Å². The van der Waals surface area contributed by atoms with Gasteiger partial charge in [0.05, 0.1) is 49.3 Å². The average molecular weight is 1270 g/mol. The molecular formula is C56H89NaO28S. The summed E-state index contributed by atoms with van der Waals surface area (Å²) in [6.45, 7) is 12.2. The second-order valence-electron chi connectivity index (χ2n) is 26.2. The summed E-state index contributed by atoms with van der Waals surface area (Å²) in [4.78, 5) is 13.1. The van der Waals surface area contributed by atoms with Crippen LogP contribution in [0.1, 0.15) is 107 Å². The minimum Gasteiger partial charge on any atom is -0.726 e. The van der Waals surface area contributed by atoms with Crippen LogP contribution in [-0.4, -0.2) is 264 Å². The molecule has 8 fully saturated rings. The molecule has 0 spiro atoms. The summed E-state index contributed by atoms with van der Waals surface area (Å²) in [5.41, 5.74) is -0.577. The van der Waals surface area contributed by atoms with E-state index in [1.807, 2.05) is 13.8 Å². The summed E-state index contributed by atoms with van der Waals surface area (Å²) in [5.74, 6) is -1.21. The molecular weight excluding hydrogens is 1180 g/mol. The SMILES string of the molecule is CC(C)=CC(=O)CC(C)(O)C1CCC2C3CC(OC4OC(C)C(O)C(OC5OCC(OC6OC(CO)C(O)C(O)C6OC6OC(C)C(O)C(O)C6O)C(O)C5OC5OC(C)C(O)C(O)C5O)C4O)C4CC(OS(=O)(=O)[O-])CCC4(C)C3=CCC21C.[Na+]. The van der Waals surface area contributed by atoms with Crippen LogP contribution in [0.3, 0.4) is 0 Å². The van der Waals surface area contributed by atoms with Gasteiger partial charge in [0.1, 0.15) is 97.7 Å². The molecule has 0 aromatic carbocycles. The molecule has 86 heavy (non-hydrogen) atoms. The number of ketones is 1. The molecule has 5 aliphatic heterocycles. The molecule has 28 nitrogen and oxygen atoms in total. The zero-order valence-corrected chi connectivity index (χ0v) is 52.7. The first-order valence-corrected chi connectivity index (χ1v) is 30.9. The fourth-order valence-corrected chi connectivity index (χ4v) is 16.1. The van der Waals surface area contributed by atoms with Crippen molar-refractivity contribution in [3.63, 3.8) is 0 Å². The van der Waals surface area contributed by atoms with Crippen molar-refractivity contribution in [1.29, 1.82) is 0 Å². The molecule has 4 aliphatic carbocycles. The minimum atomic E-state index is -5.14. The van der Waals surface area contributed by atoms with Gasteiger partial charge in [0.25, 0.3) is 0 Å². The summed E-state index contributed by atoms with van der Waals surface area (Å²) < 4.78 is 102. The van der Waals surface area contributed by atoms with Gasteiger partial charge in [0.2, 0.25) is 10.4 Å². The van der Waals surface area contributed by atoms with Gasteiger partial charge in [0, 0.05) is 6.42 Å². The number of rotatable bonds is 17. The maximum Gasteiger partial charge on any atom is 1.00 e. The van der Waals surface area contributed by atoms with Gasteiger partial charge >= 0.3 is 29.6 Å². The molecule has 5 heterocycles. The third-order valence-electron chi connectivity index (χ3n) is 20.1. The molecule has 33 unspecified atom stereocenters. The number of hydrogen-bond donors (Lipinski definition) is 13. The number of allylic oxidation sites excluding steroid dienone is 4. The molecule has 30 heteroatoms. The van der Waals surface area contributed by atoms with Crippen LogP contribution in [0, 0.1) is 34.5 Å². The quantitative estimate of drug-likeness (QED) is 0.0212. The Hall–Kier alpha value is -0.900. The van der Waals surface area contributed by atoms with Crippen LogP contribution in [0.4, 0.5) is 0 Å². The molecule has 0 aromatic heterocycles. The van der Waals surface area contributed by atoms with Gasteiger partial charge in [-0.15, -0.1) is 0 Å². The first-order valence-electron chi connectivity index (χ1n) is 29.5. The second-order valence-corrected chi connectivity index (χ2v) is 27.2. The topological polar surface area (TPSA) is 439 Å². The van der Waals surface area contributed by atoms with Crippen molar-refractivity contribution >= 4 is 16.2 Å². The molecule has 33 atom stereocenters. The van der Waals surface area contributed by atoms with Crippen molar-refractivity contribution < 1.29 is 165 Å². The summed E-state index contributed by atoms with van der Waals surface area (Å²) in [6.07, 6.45) is -36.5. The van der Waals surface area contributed by atoms with Crippen LogP contribution in [0.15, 0.2) is 23.3 Å². The zero-order valence-electron chi connectivity index (χ0n) is 49.9. The van der Waals surface area contributed by atoms with E-state index in [0.717, 1.165) is 11.1 Å². The van der Waals surface area contributed by atoms with E-state index in [1.165, 1.54) is 26.8 Å². The monoisotopic (exact) mass is 1260 g/mol. The number of carbonyl (C=O) groups is 1. The van der Waals surface area contributed by atoms with Crippen LogP contribution in [0.2, 0.25) is 0 Å². The third-order valence-corrected chi connectivity index (χ3v) is 20.6. The van der Waals surface area contributed by atoms with E-state index in [9.17, 15) is 84.1 Å². The van der Waals surface area contributed by atoms with Crippen LogP contribution >= 0.6 is 0 Å². The van der Waals surface area contributed by atoms with Gasteiger partial charge in [-0.3, -0.25) is 8.98 Å². The van der Waals surface area contributed by atoms with E-state index in [4.69, 9.17) is 51.6 Å². The Balaban J connectivity index is 0.00000961. The maximum absolute atomic E-state index is 13.1. The van der Waals surface area contributed by atoms with Crippen LogP contribution < -0.4 is 29.6 Å². The number of carbonyl (C=O) groups excluding carboxylic acids is 1. The molecule has 0 bridgehead atoms. The van der Waals surface area contributed by atoms with E-state index in [1.54, 1.807) is 6.92 Å². The standard InChI is InChI=1S/C56H90O28S.Na/c1-21(2)15-25(58)18-56(8,70)34-10-9-28-27-17-31(30-16-26(84-85(71,72)73)11-13-54(30,6)29(27)12-14-55(28,34)7)78-51-45(69)46(37(61)24(5)77-51)81-52-47(82-49-43(67)40(64)35(59)22(3)75-49)39(63)33(20-74-52)80-53-48(42(66)38(62)32(19-57)79-53)83-50-44(68)41(65)36(60)23(4)76-50;/h12,15,22-24,26-28,30-53,57,59-70H,9-11,13-14,16-20H2,1-8H3,(H,71,72,73);/q;+1/p-1. The molecule has 488 valence electrons. The van der Waals surface area contributed by atoms with Crippen molar-refractivity contribution in [2.45, 2.75) is 272 Å². The Morgan fingerprint density at radius 1 is 0.663 bits per heavy atom. The predicted molar refractivity (Wildman–Crippen MR) is 284 cm³/mol. The molecule has 13 N–H and O–H groups in total. The molecule has 9 rings (SSSR count). The second kappa shape index (κ2) is 27.6. The Morgan fingerprint density at radius 2 is 1.21 bits per heavy atom. The zero-order chi connectivity index (χ0) is 62.3. The van der Waals surface area contributed by atoms with Crippen molar-refractivity contribution in [2.24, 2.45) is 34.5 Å². The normalized spacial score (nSPS) is 50.5. The molecule has 0 radical (unpaired) electrons. The molecule has 5 saturated heterocycles. The third kappa shape index (κ3) is 14.1. The predicted octanol–water partition coefficient (Wildman–Crippen LogP) is -6.10. The molecule has 0 amide bonds. The first kappa shape index (κ1) is 71.0.